The molecular formula is C21H22ClN5O2. The number of fused-ring (bicyclic) bond motifs is 1. The fourth-order valence-corrected chi connectivity index (χ4v) is 4.03. The third-order valence-corrected chi connectivity index (χ3v) is 5.44. The number of ketones is 1. The third-order valence-electron chi connectivity index (χ3n) is 5.20. The Hall–Kier alpha value is -2.93. The highest BCUT2D eigenvalue weighted by atomic mass is 35.5. The number of aromatic amines is 1. The molecule has 3 aromatic rings. The van der Waals surface area contributed by atoms with Crippen molar-refractivity contribution >= 4 is 40.1 Å². The Morgan fingerprint density at radius 2 is 2.17 bits per heavy atom. The number of halogens is 1. The van der Waals surface area contributed by atoms with Gasteiger partial charge in [0.1, 0.15) is 17.8 Å². The molecule has 1 amide bonds. The molecule has 0 radical (unpaired) electrons. The minimum Gasteiger partial charge on any atom is -0.356 e. The largest absolute Gasteiger partial charge is 0.356 e. The van der Waals surface area contributed by atoms with Gasteiger partial charge in [-0.05, 0) is 43.0 Å². The van der Waals surface area contributed by atoms with Gasteiger partial charge in [-0.15, -0.1) is 0 Å². The number of nitrogens with one attached hydrogen (secondary N) is 2. The molecule has 0 spiro atoms. The minimum atomic E-state index is -0.290. The summed E-state index contributed by atoms with van der Waals surface area (Å²) >= 11 is 5.91. The first-order valence-corrected chi connectivity index (χ1v) is 10.1. The van der Waals surface area contributed by atoms with Gasteiger partial charge >= 0.3 is 0 Å². The van der Waals surface area contributed by atoms with Crippen LogP contribution in [0.2, 0.25) is 5.02 Å². The summed E-state index contributed by atoms with van der Waals surface area (Å²) < 4.78 is 0. The maximum Gasteiger partial charge on any atom is 0.251 e. The van der Waals surface area contributed by atoms with Gasteiger partial charge in [-0.3, -0.25) is 9.59 Å². The number of piperidine rings is 1. The second kappa shape index (κ2) is 8.61. The number of carbonyl (C=O) groups excluding carboxylic acids is 2. The van der Waals surface area contributed by atoms with E-state index in [0.717, 1.165) is 42.8 Å². The number of aromatic nitrogens is 3. The minimum absolute atomic E-state index is 0.0252. The molecule has 1 atom stereocenters. The molecule has 29 heavy (non-hydrogen) atoms. The van der Waals surface area contributed by atoms with E-state index in [-0.39, 0.29) is 24.2 Å². The Kier molecular flexibility index (Phi) is 5.76. The molecule has 2 aromatic heterocycles. The van der Waals surface area contributed by atoms with Crippen LogP contribution in [-0.2, 0) is 4.79 Å². The molecule has 150 valence electrons. The molecule has 3 heterocycles. The van der Waals surface area contributed by atoms with Crippen molar-refractivity contribution in [1.29, 1.82) is 0 Å². The van der Waals surface area contributed by atoms with Crippen LogP contribution in [0.1, 0.15) is 29.6 Å². The van der Waals surface area contributed by atoms with Crippen molar-refractivity contribution < 1.29 is 9.59 Å². The van der Waals surface area contributed by atoms with Crippen LogP contribution in [-0.4, -0.2) is 46.3 Å². The quantitative estimate of drug-likeness (QED) is 0.649. The van der Waals surface area contributed by atoms with E-state index in [1.807, 2.05) is 12.3 Å². The van der Waals surface area contributed by atoms with Gasteiger partial charge in [-0.1, -0.05) is 17.7 Å². The average Bonchev–Trinajstić information content (AvgIpc) is 3.21. The molecule has 7 nitrogen and oxygen atoms in total. The molecule has 4 rings (SSSR count). The summed E-state index contributed by atoms with van der Waals surface area (Å²) in [5.74, 6) is 0.884. The Morgan fingerprint density at radius 3 is 3.03 bits per heavy atom. The van der Waals surface area contributed by atoms with Crippen LogP contribution in [0.3, 0.4) is 0 Å². The Morgan fingerprint density at radius 1 is 1.28 bits per heavy atom. The second-order valence-corrected chi connectivity index (χ2v) is 7.76. The van der Waals surface area contributed by atoms with E-state index < -0.39 is 0 Å². The number of carbonyl (C=O) groups is 2. The Labute approximate surface area is 173 Å². The first-order valence-electron chi connectivity index (χ1n) is 9.68. The van der Waals surface area contributed by atoms with Crippen LogP contribution in [0.4, 0.5) is 5.82 Å². The van der Waals surface area contributed by atoms with Gasteiger partial charge in [0.05, 0.1) is 11.9 Å². The number of anilines is 1. The molecule has 0 saturated carbocycles. The van der Waals surface area contributed by atoms with Gasteiger partial charge in [-0.25, -0.2) is 9.97 Å². The van der Waals surface area contributed by atoms with E-state index in [2.05, 4.69) is 25.2 Å². The van der Waals surface area contributed by atoms with Crippen molar-refractivity contribution in [2.24, 2.45) is 5.92 Å². The van der Waals surface area contributed by atoms with Gasteiger partial charge in [0.15, 0.2) is 5.78 Å². The van der Waals surface area contributed by atoms with E-state index in [0.29, 0.717) is 17.0 Å². The highest BCUT2D eigenvalue weighted by molar-refractivity contribution is 6.31. The highest BCUT2D eigenvalue weighted by Crippen LogP contribution is 2.28. The lowest BCUT2D eigenvalue weighted by atomic mass is 9.92. The van der Waals surface area contributed by atoms with Crippen molar-refractivity contribution in [1.82, 2.24) is 20.3 Å². The molecule has 1 unspecified atom stereocenters. The summed E-state index contributed by atoms with van der Waals surface area (Å²) in [7, 11) is 0. The summed E-state index contributed by atoms with van der Waals surface area (Å²) in [5, 5.41) is 4.18. The van der Waals surface area contributed by atoms with Crippen molar-refractivity contribution in [2.75, 3.05) is 24.5 Å². The highest BCUT2D eigenvalue weighted by Gasteiger charge is 2.24. The molecular weight excluding hydrogens is 390 g/mol. The van der Waals surface area contributed by atoms with Crippen LogP contribution in [0.5, 0.6) is 0 Å². The molecule has 0 bridgehead atoms. The average molecular weight is 412 g/mol. The molecule has 1 aliphatic rings. The standard InChI is InChI=1S/C21H22ClN5O2/c22-16-5-1-4-15(10-16)21(29)24-11-17(28)9-14-3-2-8-27(12-14)20-18-6-7-23-19(18)25-13-26-20/h1,4-7,10,13-14H,2-3,8-9,11-12H2,(H,24,29)(H,23,25,26). The summed E-state index contributed by atoms with van der Waals surface area (Å²) in [6.45, 7) is 1.70. The van der Waals surface area contributed by atoms with Gasteiger partial charge < -0.3 is 15.2 Å². The number of Topliss-reactive ketones (excluding diaryl/α,β-unsaturated/α-hetero) is 1. The van der Waals surface area contributed by atoms with Crippen LogP contribution >= 0.6 is 11.6 Å². The second-order valence-electron chi connectivity index (χ2n) is 7.33. The van der Waals surface area contributed by atoms with E-state index in [1.54, 1.807) is 30.6 Å². The molecule has 2 N–H and O–H groups in total. The van der Waals surface area contributed by atoms with E-state index in [1.165, 1.54) is 0 Å². The van der Waals surface area contributed by atoms with Gasteiger partial charge in [0.2, 0.25) is 0 Å². The van der Waals surface area contributed by atoms with Crippen LogP contribution in [0.25, 0.3) is 11.0 Å². The molecule has 1 saturated heterocycles. The predicted molar refractivity (Wildman–Crippen MR) is 112 cm³/mol. The van der Waals surface area contributed by atoms with Crippen LogP contribution in [0, 0.1) is 5.92 Å². The summed E-state index contributed by atoms with van der Waals surface area (Å²) in [4.78, 5) is 38.7. The number of benzene rings is 1. The molecule has 0 aliphatic carbocycles. The number of H-pyrrole nitrogens is 1. The topological polar surface area (TPSA) is 91.0 Å². The van der Waals surface area contributed by atoms with Crippen molar-refractivity contribution in [2.45, 2.75) is 19.3 Å². The fourth-order valence-electron chi connectivity index (χ4n) is 3.84. The monoisotopic (exact) mass is 411 g/mol. The van der Waals surface area contributed by atoms with Crippen molar-refractivity contribution in [3.8, 4) is 0 Å². The zero-order chi connectivity index (χ0) is 20.2. The number of amides is 1. The predicted octanol–water partition coefficient (Wildman–Crippen LogP) is 3.22. The molecule has 1 aromatic carbocycles. The molecule has 8 heteroatoms. The Bertz CT molecular complexity index is 1030. The summed E-state index contributed by atoms with van der Waals surface area (Å²) in [6, 6.07) is 8.66. The number of hydrogen-bond donors (Lipinski definition) is 2. The lowest BCUT2D eigenvalue weighted by Gasteiger charge is -2.33. The summed E-state index contributed by atoms with van der Waals surface area (Å²) in [6.07, 6.45) is 5.85. The van der Waals surface area contributed by atoms with Crippen LogP contribution in [0.15, 0.2) is 42.9 Å². The zero-order valence-electron chi connectivity index (χ0n) is 15.9. The fraction of sp³-hybridized carbons (Fsp3) is 0.333. The lowest BCUT2D eigenvalue weighted by Crippen LogP contribution is -2.38. The maximum atomic E-state index is 12.4. The van der Waals surface area contributed by atoms with Crippen LogP contribution < -0.4 is 10.2 Å². The van der Waals surface area contributed by atoms with E-state index >= 15 is 0 Å². The molecule has 1 fully saturated rings. The number of nitrogens with zero attached hydrogens (tertiary/aromatic N) is 3. The van der Waals surface area contributed by atoms with Gasteiger partial charge in [0, 0.05) is 36.3 Å². The first-order chi connectivity index (χ1) is 14.1. The summed E-state index contributed by atoms with van der Waals surface area (Å²) in [5.41, 5.74) is 1.27. The van der Waals surface area contributed by atoms with Crippen molar-refractivity contribution in [3.63, 3.8) is 0 Å². The number of hydrogen-bond acceptors (Lipinski definition) is 5. The number of rotatable bonds is 6. The lowest BCUT2D eigenvalue weighted by molar-refractivity contribution is -0.119. The zero-order valence-corrected chi connectivity index (χ0v) is 16.7. The maximum absolute atomic E-state index is 12.4. The van der Waals surface area contributed by atoms with Gasteiger partial charge in [0.25, 0.3) is 5.91 Å². The smallest absolute Gasteiger partial charge is 0.251 e. The Balaban J connectivity index is 1.33. The normalized spacial score (nSPS) is 16.7. The first kappa shape index (κ1) is 19.4. The van der Waals surface area contributed by atoms with Gasteiger partial charge in [-0.2, -0.15) is 0 Å². The van der Waals surface area contributed by atoms with Crippen molar-refractivity contribution in [3.05, 3.63) is 53.4 Å². The van der Waals surface area contributed by atoms with E-state index in [9.17, 15) is 9.59 Å². The molecule has 1 aliphatic heterocycles. The third kappa shape index (κ3) is 4.56. The SMILES string of the molecule is O=C(CNC(=O)c1cccc(Cl)c1)CC1CCCN(c2ncnc3[nH]ccc23)C1. The van der Waals surface area contributed by atoms with E-state index in [4.69, 9.17) is 11.6 Å².